The Hall–Kier alpha value is -1.96. The fourth-order valence-corrected chi connectivity index (χ4v) is 0.944. The van der Waals surface area contributed by atoms with Crippen LogP contribution in [0.1, 0.15) is 0 Å². The first-order valence-electron chi connectivity index (χ1n) is 4.40. The van der Waals surface area contributed by atoms with Crippen LogP contribution in [-0.2, 0) is 0 Å². The highest BCUT2D eigenvalue weighted by atomic mass is 14.6. The normalized spacial score (nSPS) is 8.57. The maximum atomic E-state index is 5.38. The third-order valence-electron chi connectivity index (χ3n) is 1.58. The largest absolute Gasteiger partial charge is 0.399 e. The lowest BCUT2D eigenvalue weighted by atomic mass is 10.3. The number of nitrogens with two attached hydrogens (primary N) is 2. The molecule has 0 aliphatic rings. The molecule has 0 aliphatic heterocycles. The summed E-state index contributed by atoms with van der Waals surface area (Å²) in [6, 6.07) is 19.2. The van der Waals surface area contributed by atoms with Gasteiger partial charge in [-0.3, -0.25) is 0 Å². The number of benzene rings is 2. The Bertz CT molecular complexity index is 314. The Balaban J connectivity index is 0.000000146. The van der Waals surface area contributed by atoms with Gasteiger partial charge < -0.3 is 11.5 Å². The van der Waals surface area contributed by atoms with Crippen molar-refractivity contribution in [2.45, 2.75) is 0 Å². The van der Waals surface area contributed by atoms with Gasteiger partial charge >= 0.3 is 0 Å². The minimum absolute atomic E-state index is 0.713. The quantitative estimate of drug-likeness (QED) is 0.621. The molecule has 2 rings (SSSR count). The zero-order valence-corrected chi connectivity index (χ0v) is 7.93. The predicted octanol–water partition coefficient (Wildman–Crippen LogP) is 2.54. The first-order valence-corrected chi connectivity index (χ1v) is 4.40. The smallest absolute Gasteiger partial charge is 0.0334 e. The van der Waals surface area contributed by atoms with E-state index < -0.39 is 0 Å². The van der Waals surface area contributed by atoms with Crippen LogP contribution >= 0.6 is 0 Å². The second-order valence-corrected chi connectivity index (χ2v) is 2.82. The van der Waals surface area contributed by atoms with Gasteiger partial charge in [-0.25, -0.2) is 0 Å². The molecular weight excluding hydrogens is 172 g/mol. The Morgan fingerprint density at radius 3 is 1.14 bits per heavy atom. The monoisotopic (exact) mass is 186 g/mol. The maximum Gasteiger partial charge on any atom is 0.0334 e. The molecule has 0 unspecified atom stereocenters. The molecule has 0 saturated heterocycles. The van der Waals surface area contributed by atoms with Gasteiger partial charge in [0.25, 0.3) is 0 Å². The van der Waals surface area contributed by atoms with Gasteiger partial charge in [0, 0.05) is 11.4 Å². The molecule has 0 saturated carbocycles. The second-order valence-electron chi connectivity index (χ2n) is 2.82. The summed E-state index contributed by atoms with van der Waals surface area (Å²) in [6.45, 7) is 0. The van der Waals surface area contributed by atoms with Crippen molar-refractivity contribution < 1.29 is 0 Å². The molecule has 4 N–H and O–H groups in total. The van der Waals surface area contributed by atoms with Crippen LogP contribution in [0.2, 0.25) is 0 Å². The van der Waals surface area contributed by atoms with Crippen LogP contribution in [0.4, 0.5) is 11.4 Å². The van der Waals surface area contributed by atoms with Gasteiger partial charge in [0.2, 0.25) is 0 Å². The van der Waals surface area contributed by atoms with Crippen LogP contribution in [0.15, 0.2) is 60.7 Å². The maximum absolute atomic E-state index is 5.38. The molecule has 2 nitrogen and oxygen atoms in total. The third kappa shape index (κ3) is 4.16. The molecule has 14 heavy (non-hydrogen) atoms. The van der Waals surface area contributed by atoms with Gasteiger partial charge in [-0.1, -0.05) is 42.5 Å². The Morgan fingerprint density at radius 2 is 0.929 bits per heavy atom. The number of hydrogen-bond donors (Lipinski definition) is 2. The summed E-state index contributed by atoms with van der Waals surface area (Å²) in [5.74, 6) is 0. The molecule has 72 valence electrons. The Kier molecular flexibility index (Phi) is 4.08. The number of nitrogen functional groups attached to an aromatic ring is 2. The van der Waals surface area contributed by atoms with E-state index in [4.69, 9.17) is 11.5 Å². The van der Waals surface area contributed by atoms with Gasteiger partial charge in [-0.05, 0) is 18.2 Å². The van der Waals surface area contributed by atoms with Crippen LogP contribution in [-0.4, -0.2) is 0 Å². The summed E-state index contributed by atoms with van der Waals surface area (Å²) in [4.78, 5) is 0. The number of anilines is 2. The topological polar surface area (TPSA) is 52.0 Å². The zero-order chi connectivity index (χ0) is 10.2. The van der Waals surface area contributed by atoms with Gasteiger partial charge in [0.1, 0.15) is 0 Å². The van der Waals surface area contributed by atoms with Crippen molar-refractivity contribution >= 4 is 11.4 Å². The van der Waals surface area contributed by atoms with E-state index in [1.165, 1.54) is 0 Å². The lowest BCUT2D eigenvalue weighted by molar-refractivity contribution is 1.67. The average Bonchev–Trinajstić information content (AvgIpc) is 2.21. The van der Waals surface area contributed by atoms with Gasteiger partial charge in [0.05, 0.1) is 0 Å². The number of rotatable bonds is 0. The first kappa shape index (κ1) is 10.1. The summed E-state index contributed by atoms with van der Waals surface area (Å²) in [5.41, 5.74) is 12.2. The SMILES string of the molecule is Nc1cccc(N)c1.c1ccccc1. The standard InChI is InChI=1S/C6H8N2.C6H6/c7-5-2-1-3-6(8)4-5;1-2-4-6-5-3-1/h1-4H,7-8H2;1-6H. The first-order chi connectivity index (χ1) is 6.79. The molecule has 0 aliphatic carbocycles. The van der Waals surface area contributed by atoms with Crippen molar-refractivity contribution in [1.29, 1.82) is 0 Å². The van der Waals surface area contributed by atoms with Crippen molar-refractivity contribution in [3.63, 3.8) is 0 Å². The second kappa shape index (κ2) is 5.65. The van der Waals surface area contributed by atoms with Gasteiger partial charge in [0.15, 0.2) is 0 Å². The summed E-state index contributed by atoms with van der Waals surface area (Å²) in [5, 5.41) is 0. The van der Waals surface area contributed by atoms with E-state index in [0.717, 1.165) is 0 Å². The van der Waals surface area contributed by atoms with E-state index >= 15 is 0 Å². The molecule has 0 radical (unpaired) electrons. The summed E-state index contributed by atoms with van der Waals surface area (Å²) < 4.78 is 0. The zero-order valence-electron chi connectivity index (χ0n) is 7.93. The molecular formula is C12H14N2. The van der Waals surface area contributed by atoms with E-state index in [9.17, 15) is 0 Å². The summed E-state index contributed by atoms with van der Waals surface area (Å²) >= 11 is 0. The summed E-state index contributed by atoms with van der Waals surface area (Å²) in [7, 11) is 0. The molecule has 2 heteroatoms. The molecule has 2 aromatic carbocycles. The summed E-state index contributed by atoms with van der Waals surface area (Å²) in [6.07, 6.45) is 0. The van der Waals surface area contributed by atoms with Gasteiger partial charge in [-0.15, -0.1) is 0 Å². The molecule has 0 fully saturated rings. The van der Waals surface area contributed by atoms with Crippen molar-refractivity contribution in [3.05, 3.63) is 60.7 Å². The van der Waals surface area contributed by atoms with E-state index in [2.05, 4.69) is 0 Å². The van der Waals surface area contributed by atoms with E-state index in [-0.39, 0.29) is 0 Å². The van der Waals surface area contributed by atoms with Crippen molar-refractivity contribution in [2.24, 2.45) is 0 Å². The Labute approximate surface area is 84.2 Å². The molecule has 0 heterocycles. The van der Waals surface area contributed by atoms with Crippen molar-refractivity contribution in [2.75, 3.05) is 11.5 Å². The number of hydrogen-bond acceptors (Lipinski definition) is 2. The predicted molar refractivity (Wildman–Crippen MR) is 61.7 cm³/mol. The molecule has 0 spiro atoms. The van der Waals surface area contributed by atoms with Gasteiger partial charge in [-0.2, -0.15) is 0 Å². The van der Waals surface area contributed by atoms with E-state index in [1.807, 2.05) is 42.5 Å². The highest BCUT2D eigenvalue weighted by molar-refractivity contribution is 5.50. The fourth-order valence-electron chi connectivity index (χ4n) is 0.944. The molecule has 0 aromatic heterocycles. The minimum atomic E-state index is 0.713. The lowest BCUT2D eigenvalue weighted by Crippen LogP contribution is -1.87. The van der Waals surface area contributed by atoms with E-state index in [0.29, 0.717) is 11.4 Å². The van der Waals surface area contributed by atoms with Crippen LogP contribution in [0.5, 0.6) is 0 Å². The van der Waals surface area contributed by atoms with Crippen molar-refractivity contribution in [3.8, 4) is 0 Å². The molecule has 0 bridgehead atoms. The third-order valence-corrected chi connectivity index (χ3v) is 1.58. The van der Waals surface area contributed by atoms with Crippen LogP contribution < -0.4 is 11.5 Å². The van der Waals surface area contributed by atoms with Crippen LogP contribution in [0, 0.1) is 0 Å². The molecule has 0 atom stereocenters. The van der Waals surface area contributed by atoms with Crippen LogP contribution in [0.3, 0.4) is 0 Å². The fraction of sp³-hybridized carbons (Fsp3) is 0. The Morgan fingerprint density at radius 1 is 0.571 bits per heavy atom. The van der Waals surface area contributed by atoms with Crippen LogP contribution in [0.25, 0.3) is 0 Å². The average molecular weight is 186 g/mol. The van der Waals surface area contributed by atoms with Crippen molar-refractivity contribution in [1.82, 2.24) is 0 Å². The minimum Gasteiger partial charge on any atom is -0.399 e. The molecule has 0 amide bonds. The highest BCUT2D eigenvalue weighted by Crippen LogP contribution is 2.06. The lowest BCUT2D eigenvalue weighted by Gasteiger charge is -1.91. The molecule has 2 aromatic rings. The highest BCUT2D eigenvalue weighted by Gasteiger charge is 1.81. The van der Waals surface area contributed by atoms with E-state index in [1.54, 1.807) is 18.2 Å².